The number of benzene rings is 1. The molecule has 30 heavy (non-hydrogen) atoms. The molecule has 1 aromatic carbocycles. The van der Waals surface area contributed by atoms with Crippen LogP contribution < -0.4 is 5.32 Å². The Hall–Kier alpha value is -3.27. The smallest absolute Gasteiger partial charge is 0.319 e. The van der Waals surface area contributed by atoms with Crippen LogP contribution in [0.2, 0.25) is 0 Å². The molecular formula is C20H16F3N5OS. The molecule has 0 aliphatic rings. The monoisotopic (exact) mass is 431 g/mol. The van der Waals surface area contributed by atoms with Gasteiger partial charge in [-0.3, -0.25) is 4.79 Å². The number of nitrogens with one attached hydrogen (secondary N) is 1. The largest absolute Gasteiger partial charge is 0.433 e. The molecule has 0 aliphatic carbocycles. The lowest BCUT2D eigenvalue weighted by molar-refractivity contribution is -0.142. The summed E-state index contributed by atoms with van der Waals surface area (Å²) >= 11 is 1.26. The van der Waals surface area contributed by atoms with Crippen molar-refractivity contribution in [3.8, 4) is 10.6 Å². The maximum atomic E-state index is 13.6. The topological polar surface area (TPSA) is 72.2 Å². The van der Waals surface area contributed by atoms with Gasteiger partial charge in [-0.1, -0.05) is 32.0 Å². The molecule has 4 rings (SSSR count). The van der Waals surface area contributed by atoms with Crippen molar-refractivity contribution < 1.29 is 18.0 Å². The van der Waals surface area contributed by atoms with Crippen LogP contribution in [0.5, 0.6) is 0 Å². The standard InChI is InChI=1S/C20H16F3N5OS/c1-11(2)12-5-7-13(8-6-12)24-18(29)17-26-19-25-14(15-4-3-9-30-15)10-16(20(21,22)23)28(19)27-17/h3-11H,1-2H3,(H,24,29). The van der Waals surface area contributed by atoms with Crippen molar-refractivity contribution >= 4 is 28.7 Å². The molecule has 3 aromatic heterocycles. The van der Waals surface area contributed by atoms with Crippen LogP contribution in [0.15, 0.2) is 47.8 Å². The Balaban J connectivity index is 1.70. The summed E-state index contributed by atoms with van der Waals surface area (Å²) in [4.78, 5) is 21.2. The zero-order chi connectivity index (χ0) is 21.5. The van der Waals surface area contributed by atoms with Gasteiger partial charge in [0.2, 0.25) is 5.82 Å². The molecule has 0 saturated carbocycles. The Morgan fingerprint density at radius 1 is 1.13 bits per heavy atom. The first-order valence-electron chi connectivity index (χ1n) is 9.02. The van der Waals surface area contributed by atoms with Gasteiger partial charge >= 0.3 is 6.18 Å². The first-order valence-corrected chi connectivity index (χ1v) is 9.90. The third-order valence-corrected chi connectivity index (χ3v) is 5.31. The maximum Gasteiger partial charge on any atom is 0.433 e. The second kappa shape index (κ2) is 7.52. The van der Waals surface area contributed by atoms with Crippen molar-refractivity contribution in [1.29, 1.82) is 0 Å². The van der Waals surface area contributed by atoms with Crippen molar-refractivity contribution in [2.45, 2.75) is 25.9 Å². The first-order chi connectivity index (χ1) is 14.2. The number of nitrogens with zero attached hydrogens (tertiary/aromatic N) is 4. The van der Waals surface area contributed by atoms with Crippen LogP contribution in [0.25, 0.3) is 16.3 Å². The maximum absolute atomic E-state index is 13.6. The summed E-state index contributed by atoms with van der Waals surface area (Å²) in [5, 5.41) is 8.10. The van der Waals surface area contributed by atoms with Crippen LogP contribution in [-0.4, -0.2) is 25.5 Å². The van der Waals surface area contributed by atoms with Gasteiger partial charge in [0.1, 0.15) is 0 Å². The predicted octanol–water partition coefficient (Wildman–Crippen LogP) is 5.25. The first kappa shape index (κ1) is 20.0. The molecule has 0 aliphatic heterocycles. The van der Waals surface area contributed by atoms with Gasteiger partial charge in [0.25, 0.3) is 11.7 Å². The highest BCUT2D eigenvalue weighted by atomic mass is 32.1. The van der Waals surface area contributed by atoms with Gasteiger partial charge in [-0.15, -0.1) is 16.4 Å². The van der Waals surface area contributed by atoms with Crippen molar-refractivity contribution in [3.63, 3.8) is 0 Å². The molecule has 0 fully saturated rings. The minimum absolute atomic E-state index is 0.119. The lowest BCUT2D eigenvalue weighted by Gasteiger charge is -2.09. The number of hydrogen-bond acceptors (Lipinski definition) is 5. The van der Waals surface area contributed by atoms with Gasteiger partial charge in [0, 0.05) is 5.69 Å². The Bertz CT molecular complexity index is 1200. The predicted molar refractivity (Wildman–Crippen MR) is 108 cm³/mol. The molecular weight excluding hydrogens is 415 g/mol. The molecule has 0 radical (unpaired) electrons. The minimum atomic E-state index is -4.69. The number of thiophene rings is 1. The van der Waals surface area contributed by atoms with E-state index in [1.165, 1.54) is 11.3 Å². The minimum Gasteiger partial charge on any atom is -0.319 e. The van der Waals surface area contributed by atoms with Crippen LogP contribution in [0.1, 0.15) is 41.6 Å². The average molecular weight is 431 g/mol. The van der Waals surface area contributed by atoms with Gasteiger partial charge in [0.05, 0.1) is 10.6 Å². The number of alkyl halides is 3. The van der Waals surface area contributed by atoms with Gasteiger partial charge in [-0.2, -0.15) is 22.7 Å². The Morgan fingerprint density at radius 2 is 1.87 bits per heavy atom. The number of fused-ring (bicyclic) bond motifs is 1. The van der Waals surface area contributed by atoms with Gasteiger partial charge in [-0.05, 0) is 41.1 Å². The average Bonchev–Trinajstić information content (AvgIpc) is 3.36. The normalized spacial score (nSPS) is 11.9. The Labute approximate surface area is 173 Å². The molecule has 3 heterocycles. The summed E-state index contributed by atoms with van der Waals surface area (Å²) in [6.45, 7) is 4.09. The van der Waals surface area contributed by atoms with E-state index in [9.17, 15) is 18.0 Å². The van der Waals surface area contributed by atoms with Gasteiger partial charge in [-0.25, -0.2) is 4.98 Å². The number of anilines is 1. The summed E-state index contributed by atoms with van der Waals surface area (Å²) in [6.07, 6.45) is -4.69. The van der Waals surface area contributed by atoms with E-state index < -0.39 is 23.6 Å². The highest BCUT2D eigenvalue weighted by Crippen LogP contribution is 2.33. The van der Waals surface area contributed by atoms with E-state index in [1.54, 1.807) is 29.6 Å². The highest BCUT2D eigenvalue weighted by molar-refractivity contribution is 7.13. The second-order valence-corrected chi connectivity index (χ2v) is 7.83. The molecule has 0 saturated heterocycles. The number of hydrogen-bond donors (Lipinski definition) is 1. The van der Waals surface area contributed by atoms with Crippen molar-refractivity contribution in [2.24, 2.45) is 0 Å². The SMILES string of the molecule is CC(C)c1ccc(NC(=O)c2nc3nc(-c4cccs4)cc(C(F)(F)F)n3n2)cc1. The molecule has 1 N–H and O–H groups in total. The number of rotatable bonds is 4. The number of carbonyl (C=O) groups excluding carboxylic acids is 1. The van der Waals surface area contributed by atoms with Crippen LogP contribution in [0.4, 0.5) is 18.9 Å². The van der Waals surface area contributed by atoms with Crippen LogP contribution in [-0.2, 0) is 6.18 Å². The fourth-order valence-corrected chi connectivity index (χ4v) is 3.54. The molecule has 0 spiro atoms. The summed E-state index contributed by atoms with van der Waals surface area (Å²) in [5.74, 6) is -1.08. The van der Waals surface area contributed by atoms with Crippen LogP contribution in [0, 0.1) is 0 Å². The molecule has 4 aromatic rings. The Morgan fingerprint density at radius 3 is 2.47 bits per heavy atom. The molecule has 0 bridgehead atoms. The summed E-state index contributed by atoms with van der Waals surface area (Å²) in [7, 11) is 0. The number of carbonyl (C=O) groups is 1. The van der Waals surface area contributed by atoms with Gasteiger partial charge in [0.15, 0.2) is 5.69 Å². The van der Waals surface area contributed by atoms with E-state index in [2.05, 4.69) is 20.4 Å². The molecule has 154 valence electrons. The van der Waals surface area contributed by atoms with Crippen LogP contribution >= 0.6 is 11.3 Å². The van der Waals surface area contributed by atoms with Crippen molar-refractivity contribution in [3.05, 3.63) is 64.9 Å². The summed E-state index contributed by atoms with van der Waals surface area (Å²) < 4.78 is 41.3. The molecule has 0 atom stereocenters. The number of amides is 1. The number of halogens is 3. The van der Waals surface area contributed by atoms with E-state index in [1.807, 2.05) is 26.0 Å². The van der Waals surface area contributed by atoms with E-state index >= 15 is 0 Å². The summed E-state index contributed by atoms with van der Waals surface area (Å²) in [6, 6.07) is 11.5. The lowest BCUT2D eigenvalue weighted by Crippen LogP contribution is -2.16. The third-order valence-electron chi connectivity index (χ3n) is 4.41. The van der Waals surface area contributed by atoms with E-state index in [-0.39, 0.29) is 11.5 Å². The zero-order valence-electron chi connectivity index (χ0n) is 15.9. The lowest BCUT2D eigenvalue weighted by atomic mass is 10.0. The zero-order valence-corrected chi connectivity index (χ0v) is 16.8. The second-order valence-electron chi connectivity index (χ2n) is 6.88. The summed E-state index contributed by atoms with van der Waals surface area (Å²) in [5.41, 5.74) is 0.655. The molecule has 6 nitrogen and oxygen atoms in total. The van der Waals surface area contributed by atoms with E-state index in [4.69, 9.17) is 0 Å². The fourth-order valence-electron chi connectivity index (χ4n) is 2.86. The van der Waals surface area contributed by atoms with Crippen molar-refractivity contribution in [2.75, 3.05) is 5.32 Å². The van der Waals surface area contributed by atoms with E-state index in [0.717, 1.165) is 11.6 Å². The number of aromatic nitrogens is 4. The molecule has 0 unspecified atom stereocenters. The quantitative estimate of drug-likeness (QED) is 0.479. The Kier molecular flexibility index (Phi) is 5.02. The van der Waals surface area contributed by atoms with Crippen molar-refractivity contribution in [1.82, 2.24) is 19.6 Å². The molecule has 1 amide bonds. The highest BCUT2D eigenvalue weighted by Gasteiger charge is 2.36. The fraction of sp³-hybridized carbons (Fsp3) is 0.200. The third kappa shape index (κ3) is 3.90. The van der Waals surface area contributed by atoms with Gasteiger partial charge < -0.3 is 5.32 Å². The van der Waals surface area contributed by atoms with E-state index in [0.29, 0.717) is 21.0 Å². The molecule has 10 heteroatoms. The van der Waals surface area contributed by atoms with Crippen LogP contribution in [0.3, 0.4) is 0 Å².